The van der Waals surface area contributed by atoms with Crippen LogP contribution in [0.4, 0.5) is 0 Å². The van der Waals surface area contributed by atoms with Crippen LogP contribution < -0.4 is 21.5 Å². The van der Waals surface area contributed by atoms with Crippen molar-refractivity contribution in [2.75, 3.05) is 0 Å². The molecular formula is C15H16BrNO. The summed E-state index contributed by atoms with van der Waals surface area (Å²) in [7, 11) is 0. The Balaban J connectivity index is 0.00000162. The molecule has 0 radical (unpaired) electrons. The van der Waals surface area contributed by atoms with Gasteiger partial charge in [-0.05, 0) is 6.07 Å². The van der Waals surface area contributed by atoms with Crippen LogP contribution in [0.3, 0.4) is 0 Å². The molecule has 0 fully saturated rings. The first-order chi connectivity index (χ1) is 8.31. The SMILES string of the molecule is CCC[n+]1cccc(C(=O)c2ccccc2)c1.[Br-]. The van der Waals surface area contributed by atoms with Crippen molar-refractivity contribution in [3.05, 3.63) is 66.0 Å². The lowest BCUT2D eigenvalue weighted by Gasteiger charge is -2.00. The van der Waals surface area contributed by atoms with Crippen molar-refractivity contribution < 1.29 is 26.3 Å². The molecule has 1 aromatic carbocycles. The van der Waals surface area contributed by atoms with E-state index in [1.165, 1.54) is 0 Å². The Bertz CT molecular complexity index is 511. The maximum absolute atomic E-state index is 12.2. The van der Waals surface area contributed by atoms with Gasteiger partial charge >= 0.3 is 0 Å². The Labute approximate surface area is 118 Å². The molecule has 0 saturated carbocycles. The molecule has 1 heterocycles. The summed E-state index contributed by atoms with van der Waals surface area (Å²) < 4.78 is 2.05. The van der Waals surface area contributed by atoms with Crippen molar-refractivity contribution in [3.63, 3.8) is 0 Å². The topological polar surface area (TPSA) is 20.9 Å². The average molecular weight is 306 g/mol. The van der Waals surface area contributed by atoms with Gasteiger partial charge in [0, 0.05) is 18.1 Å². The van der Waals surface area contributed by atoms with E-state index in [2.05, 4.69) is 11.5 Å². The highest BCUT2D eigenvalue weighted by atomic mass is 79.9. The molecule has 0 spiro atoms. The standard InChI is InChI=1S/C15H16NO.BrH/c1-2-10-16-11-6-9-14(12-16)15(17)13-7-4-3-5-8-13;/h3-9,11-12H,2,10H2,1H3;1H/q+1;/p-1. The van der Waals surface area contributed by atoms with E-state index < -0.39 is 0 Å². The zero-order valence-corrected chi connectivity index (χ0v) is 11.9. The second kappa shape index (κ2) is 7.07. The van der Waals surface area contributed by atoms with Gasteiger partial charge in [-0.2, -0.15) is 0 Å². The third-order valence-corrected chi connectivity index (χ3v) is 2.64. The Hall–Kier alpha value is -1.48. The number of aryl methyl sites for hydroxylation is 1. The molecule has 0 amide bonds. The van der Waals surface area contributed by atoms with E-state index in [0.29, 0.717) is 0 Å². The van der Waals surface area contributed by atoms with Crippen molar-refractivity contribution in [2.45, 2.75) is 19.9 Å². The van der Waals surface area contributed by atoms with Gasteiger partial charge in [0.25, 0.3) is 0 Å². The Kier molecular flexibility index (Phi) is 5.72. The number of halogens is 1. The smallest absolute Gasteiger partial charge is 0.199 e. The van der Waals surface area contributed by atoms with E-state index in [4.69, 9.17) is 0 Å². The number of hydrogen-bond acceptors (Lipinski definition) is 1. The van der Waals surface area contributed by atoms with E-state index in [1.807, 2.05) is 54.9 Å². The molecule has 0 aliphatic rings. The zero-order valence-electron chi connectivity index (χ0n) is 10.3. The maximum Gasteiger partial charge on any atom is 0.199 e. The maximum atomic E-state index is 12.2. The van der Waals surface area contributed by atoms with Gasteiger partial charge in [-0.1, -0.05) is 37.3 Å². The molecule has 0 atom stereocenters. The fourth-order valence-electron chi connectivity index (χ4n) is 1.81. The van der Waals surface area contributed by atoms with Crippen LogP contribution in [0.1, 0.15) is 29.3 Å². The third-order valence-electron chi connectivity index (χ3n) is 2.64. The first-order valence-corrected chi connectivity index (χ1v) is 5.90. The number of benzene rings is 1. The van der Waals surface area contributed by atoms with Crippen molar-refractivity contribution in [1.29, 1.82) is 0 Å². The van der Waals surface area contributed by atoms with Crippen LogP contribution in [0.15, 0.2) is 54.9 Å². The largest absolute Gasteiger partial charge is 1.00 e. The molecule has 0 unspecified atom stereocenters. The van der Waals surface area contributed by atoms with Gasteiger partial charge in [0.05, 0.1) is 5.56 Å². The second-order valence-electron chi connectivity index (χ2n) is 4.03. The quantitative estimate of drug-likeness (QED) is 0.557. The molecule has 2 rings (SSSR count). The number of rotatable bonds is 4. The predicted molar refractivity (Wildman–Crippen MR) is 66.8 cm³/mol. The summed E-state index contributed by atoms with van der Waals surface area (Å²) in [5.41, 5.74) is 1.48. The molecule has 2 aromatic rings. The summed E-state index contributed by atoms with van der Waals surface area (Å²) in [5.74, 6) is 0.0797. The monoisotopic (exact) mass is 305 g/mol. The summed E-state index contributed by atoms with van der Waals surface area (Å²) in [4.78, 5) is 12.2. The van der Waals surface area contributed by atoms with Gasteiger partial charge in [-0.25, -0.2) is 4.57 Å². The minimum atomic E-state index is 0. The second-order valence-corrected chi connectivity index (χ2v) is 4.03. The fraction of sp³-hybridized carbons (Fsp3) is 0.200. The number of aromatic nitrogens is 1. The van der Waals surface area contributed by atoms with E-state index in [-0.39, 0.29) is 22.8 Å². The lowest BCUT2D eigenvalue weighted by atomic mass is 10.1. The van der Waals surface area contributed by atoms with Gasteiger partial charge in [-0.3, -0.25) is 4.79 Å². The summed E-state index contributed by atoms with van der Waals surface area (Å²) in [5, 5.41) is 0. The van der Waals surface area contributed by atoms with Crippen LogP contribution in [0, 0.1) is 0 Å². The molecule has 2 nitrogen and oxygen atoms in total. The molecule has 0 saturated heterocycles. The van der Waals surface area contributed by atoms with Crippen LogP contribution in [0.25, 0.3) is 0 Å². The van der Waals surface area contributed by atoms with Crippen LogP contribution in [0.5, 0.6) is 0 Å². The van der Waals surface area contributed by atoms with Gasteiger partial charge in [0.2, 0.25) is 0 Å². The first-order valence-electron chi connectivity index (χ1n) is 5.90. The normalized spacial score (nSPS) is 9.61. The summed E-state index contributed by atoms with van der Waals surface area (Å²) in [6.07, 6.45) is 4.97. The predicted octanol–water partition coefficient (Wildman–Crippen LogP) is -0.381. The molecular weight excluding hydrogens is 290 g/mol. The van der Waals surface area contributed by atoms with Crippen molar-refractivity contribution in [1.82, 2.24) is 0 Å². The zero-order chi connectivity index (χ0) is 12.1. The van der Waals surface area contributed by atoms with Crippen molar-refractivity contribution in [3.8, 4) is 0 Å². The van der Waals surface area contributed by atoms with Gasteiger partial charge in [0.1, 0.15) is 6.54 Å². The summed E-state index contributed by atoms with van der Waals surface area (Å²) in [6.45, 7) is 3.06. The molecule has 0 aliphatic carbocycles. The molecule has 0 aliphatic heterocycles. The molecule has 94 valence electrons. The summed E-state index contributed by atoms with van der Waals surface area (Å²) in [6, 6.07) is 13.2. The van der Waals surface area contributed by atoms with E-state index in [1.54, 1.807) is 0 Å². The molecule has 3 heteroatoms. The number of pyridine rings is 1. The highest BCUT2D eigenvalue weighted by molar-refractivity contribution is 6.08. The number of carbonyl (C=O) groups excluding carboxylic acids is 1. The Morgan fingerprint density at radius 2 is 1.72 bits per heavy atom. The van der Waals surface area contributed by atoms with Crippen molar-refractivity contribution >= 4 is 5.78 Å². The molecule has 18 heavy (non-hydrogen) atoms. The molecule has 1 aromatic heterocycles. The lowest BCUT2D eigenvalue weighted by molar-refractivity contribution is -0.697. The van der Waals surface area contributed by atoms with Crippen LogP contribution in [-0.4, -0.2) is 5.78 Å². The van der Waals surface area contributed by atoms with Crippen LogP contribution >= 0.6 is 0 Å². The number of ketones is 1. The lowest BCUT2D eigenvalue weighted by Crippen LogP contribution is -3.00. The molecule has 0 N–H and O–H groups in total. The van der Waals surface area contributed by atoms with E-state index in [0.717, 1.165) is 24.1 Å². The Morgan fingerprint density at radius 3 is 2.39 bits per heavy atom. The average Bonchev–Trinajstić information content (AvgIpc) is 2.40. The van der Waals surface area contributed by atoms with E-state index >= 15 is 0 Å². The first kappa shape index (κ1) is 14.6. The van der Waals surface area contributed by atoms with E-state index in [9.17, 15) is 4.79 Å². The number of nitrogens with zero attached hydrogens (tertiary/aromatic N) is 1. The van der Waals surface area contributed by atoms with Crippen molar-refractivity contribution in [2.24, 2.45) is 0 Å². The van der Waals surface area contributed by atoms with Gasteiger partial charge in [0.15, 0.2) is 18.2 Å². The highest BCUT2D eigenvalue weighted by Gasteiger charge is 2.11. The Morgan fingerprint density at radius 1 is 1.06 bits per heavy atom. The third kappa shape index (κ3) is 3.50. The van der Waals surface area contributed by atoms with Crippen LogP contribution in [0.2, 0.25) is 0 Å². The number of carbonyl (C=O) groups is 1. The van der Waals surface area contributed by atoms with Crippen LogP contribution in [-0.2, 0) is 6.54 Å². The highest BCUT2D eigenvalue weighted by Crippen LogP contribution is 2.07. The molecule has 0 bridgehead atoms. The summed E-state index contributed by atoms with van der Waals surface area (Å²) >= 11 is 0. The minimum absolute atomic E-state index is 0. The van der Waals surface area contributed by atoms with Gasteiger partial charge < -0.3 is 17.0 Å². The van der Waals surface area contributed by atoms with Gasteiger partial charge in [-0.15, -0.1) is 0 Å². The minimum Gasteiger partial charge on any atom is -1.00 e. The fourth-order valence-corrected chi connectivity index (χ4v) is 1.81. The number of hydrogen-bond donors (Lipinski definition) is 0.